The summed E-state index contributed by atoms with van der Waals surface area (Å²) < 4.78 is 46.4. The minimum atomic E-state index is -5.16. The Bertz CT molecular complexity index is 853. The second-order valence-corrected chi connectivity index (χ2v) is 7.82. The third-order valence-corrected chi connectivity index (χ3v) is 5.72. The Morgan fingerprint density at radius 2 is 1.94 bits per heavy atom. The quantitative estimate of drug-likeness (QED) is 0.479. The van der Waals surface area contributed by atoms with Crippen LogP contribution in [-0.4, -0.2) is 60.1 Å². The number of esters is 1. The Morgan fingerprint density at radius 1 is 1.28 bits per heavy atom. The summed E-state index contributed by atoms with van der Waals surface area (Å²) >= 11 is 6.34. The first kappa shape index (κ1) is 25.7. The summed E-state index contributed by atoms with van der Waals surface area (Å²) in [5.74, 6) is -3.52. The third-order valence-electron chi connectivity index (χ3n) is 5.39. The van der Waals surface area contributed by atoms with Crippen molar-refractivity contribution in [3.8, 4) is 0 Å². The minimum absolute atomic E-state index is 0.355. The maximum Gasteiger partial charge on any atom is 0.471 e. The summed E-state index contributed by atoms with van der Waals surface area (Å²) in [7, 11) is 1.41. The number of aliphatic hydroxyl groups excluding tert-OH is 1. The first-order valence-corrected chi connectivity index (χ1v) is 10.2. The molecule has 32 heavy (non-hydrogen) atoms. The number of halogens is 4. The van der Waals surface area contributed by atoms with Crippen molar-refractivity contribution < 1.29 is 42.1 Å². The van der Waals surface area contributed by atoms with Crippen molar-refractivity contribution in [3.63, 3.8) is 0 Å². The van der Waals surface area contributed by atoms with Gasteiger partial charge in [0.25, 0.3) is 0 Å². The average Bonchev–Trinajstić information content (AvgIpc) is 2.73. The molecule has 0 spiro atoms. The van der Waals surface area contributed by atoms with Crippen LogP contribution in [0.25, 0.3) is 0 Å². The lowest BCUT2D eigenvalue weighted by atomic mass is 9.73. The van der Waals surface area contributed by atoms with Crippen LogP contribution in [0.1, 0.15) is 38.2 Å². The SMILES string of the molecule is C[C@H](NC(=O)C(F)(F)F)C(=O)OCOC(=O)N(C)[C@]1(c2ccccc2Cl)CCCCC1O. The number of aliphatic hydroxyl groups is 1. The Morgan fingerprint density at radius 3 is 2.53 bits per heavy atom. The molecule has 0 saturated heterocycles. The number of amides is 2. The first-order valence-electron chi connectivity index (χ1n) is 9.79. The molecule has 2 amide bonds. The monoisotopic (exact) mass is 480 g/mol. The van der Waals surface area contributed by atoms with E-state index in [-0.39, 0.29) is 0 Å². The number of nitrogens with zero attached hydrogens (tertiary/aromatic N) is 1. The number of hydrogen-bond acceptors (Lipinski definition) is 6. The number of ether oxygens (including phenoxy) is 2. The lowest BCUT2D eigenvalue weighted by molar-refractivity contribution is -0.176. The molecule has 0 aromatic heterocycles. The molecule has 178 valence electrons. The van der Waals surface area contributed by atoms with Crippen LogP contribution in [-0.2, 0) is 24.6 Å². The van der Waals surface area contributed by atoms with Gasteiger partial charge in [0.2, 0.25) is 6.79 Å². The molecular weight excluding hydrogens is 457 g/mol. The zero-order valence-corrected chi connectivity index (χ0v) is 18.2. The van der Waals surface area contributed by atoms with Gasteiger partial charge >= 0.3 is 24.1 Å². The van der Waals surface area contributed by atoms with Crippen LogP contribution >= 0.6 is 11.6 Å². The van der Waals surface area contributed by atoms with Crippen molar-refractivity contribution in [2.75, 3.05) is 13.8 Å². The molecule has 1 unspecified atom stereocenters. The lowest BCUT2D eigenvalue weighted by Crippen LogP contribution is -2.56. The standard InChI is InChI=1S/C20H24ClF3N2O6/c1-12(25-17(29)20(22,23)24)16(28)31-11-32-18(30)26(2)19(10-6-5-9-15(19)27)13-7-3-4-8-14(13)21/h3-4,7-8,12,15,27H,5-6,9-11H2,1-2H3,(H,25,29)/t12-,15?,19-/m0/s1. The Labute approximate surface area is 187 Å². The lowest BCUT2D eigenvalue weighted by Gasteiger charge is -2.47. The fourth-order valence-electron chi connectivity index (χ4n) is 3.70. The summed E-state index contributed by atoms with van der Waals surface area (Å²) in [6.45, 7) is 0.0909. The van der Waals surface area contributed by atoms with Crippen LogP contribution in [0, 0.1) is 0 Å². The molecule has 2 rings (SSSR count). The molecule has 12 heteroatoms. The number of carbonyl (C=O) groups is 3. The van der Waals surface area contributed by atoms with Crippen LogP contribution in [0.4, 0.5) is 18.0 Å². The molecule has 0 aliphatic heterocycles. The smallest absolute Gasteiger partial charge is 0.426 e. The Kier molecular flexibility index (Phi) is 8.35. The number of benzene rings is 1. The molecule has 0 heterocycles. The Hall–Kier alpha value is -2.53. The van der Waals surface area contributed by atoms with Gasteiger partial charge in [-0.3, -0.25) is 9.69 Å². The van der Waals surface area contributed by atoms with Gasteiger partial charge in [0.05, 0.1) is 11.6 Å². The number of rotatable bonds is 6. The van der Waals surface area contributed by atoms with E-state index in [1.807, 2.05) is 0 Å². The predicted octanol–water partition coefficient (Wildman–Crippen LogP) is 3.11. The van der Waals surface area contributed by atoms with E-state index in [1.165, 1.54) is 17.3 Å². The third kappa shape index (κ3) is 5.63. The fraction of sp³-hybridized carbons (Fsp3) is 0.550. The van der Waals surface area contributed by atoms with E-state index in [0.29, 0.717) is 29.8 Å². The second-order valence-electron chi connectivity index (χ2n) is 7.41. The number of likely N-dealkylation sites (N-methyl/N-ethyl adjacent to an activating group) is 1. The zero-order valence-electron chi connectivity index (χ0n) is 17.4. The number of hydrogen-bond donors (Lipinski definition) is 2. The molecular formula is C20H24ClF3N2O6. The molecule has 1 aromatic rings. The molecule has 1 aromatic carbocycles. The van der Waals surface area contributed by atoms with Gasteiger partial charge in [0, 0.05) is 12.1 Å². The highest BCUT2D eigenvalue weighted by Gasteiger charge is 2.48. The van der Waals surface area contributed by atoms with Crippen molar-refractivity contribution in [3.05, 3.63) is 34.9 Å². The van der Waals surface area contributed by atoms with E-state index in [0.717, 1.165) is 13.3 Å². The summed E-state index contributed by atoms with van der Waals surface area (Å²) in [4.78, 5) is 36.5. The summed E-state index contributed by atoms with van der Waals surface area (Å²) in [6, 6.07) is 5.16. The fourth-order valence-corrected chi connectivity index (χ4v) is 4.00. The van der Waals surface area contributed by atoms with E-state index < -0.39 is 48.6 Å². The van der Waals surface area contributed by atoms with E-state index in [4.69, 9.17) is 16.3 Å². The van der Waals surface area contributed by atoms with E-state index in [9.17, 15) is 32.7 Å². The summed E-state index contributed by atoms with van der Waals surface area (Å²) in [5, 5.41) is 12.6. The second kappa shape index (κ2) is 10.4. The largest absolute Gasteiger partial charge is 0.471 e. The van der Waals surface area contributed by atoms with Crippen LogP contribution in [0.2, 0.25) is 5.02 Å². The van der Waals surface area contributed by atoms with Gasteiger partial charge in [-0.05, 0) is 31.4 Å². The highest BCUT2D eigenvalue weighted by atomic mass is 35.5. The molecule has 3 atom stereocenters. The number of carbonyl (C=O) groups excluding carboxylic acids is 3. The van der Waals surface area contributed by atoms with Crippen LogP contribution in [0.5, 0.6) is 0 Å². The number of nitrogens with one attached hydrogen (secondary N) is 1. The predicted molar refractivity (Wildman–Crippen MR) is 106 cm³/mol. The minimum Gasteiger partial charge on any atom is -0.426 e. The van der Waals surface area contributed by atoms with Crippen LogP contribution < -0.4 is 5.32 Å². The highest BCUT2D eigenvalue weighted by Crippen LogP contribution is 2.44. The van der Waals surface area contributed by atoms with Crippen molar-refractivity contribution in [2.45, 2.75) is 56.5 Å². The van der Waals surface area contributed by atoms with E-state index in [2.05, 4.69) is 4.74 Å². The topological polar surface area (TPSA) is 105 Å². The molecule has 0 bridgehead atoms. The van der Waals surface area contributed by atoms with Gasteiger partial charge in [-0.2, -0.15) is 13.2 Å². The maximum atomic E-state index is 12.7. The van der Waals surface area contributed by atoms with Crippen molar-refractivity contribution in [1.82, 2.24) is 10.2 Å². The summed E-state index contributed by atoms with van der Waals surface area (Å²) in [5.41, 5.74) is -0.639. The van der Waals surface area contributed by atoms with Crippen LogP contribution in [0.15, 0.2) is 24.3 Å². The Balaban J connectivity index is 2.04. The van der Waals surface area contributed by atoms with Crippen LogP contribution in [0.3, 0.4) is 0 Å². The highest BCUT2D eigenvalue weighted by molar-refractivity contribution is 6.31. The molecule has 2 N–H and O–H groups in total. The van der Waals surface area contributed by atoms with Crippen molar-refractivity contribution in [2.24, 2.45) is 0 Å². The molecule has 1 aliphatic rings. The zero-order chi connectivity index (χ0) is 24.1. The normalized spacial score (nSPS) is 21.9. The molecule has 1 saturated carbocycles. The maximum absolute atomic E-state index is 12.7. The van der Waals surface area contributed by atoms with Gasteiger partial charge in [0.15, 0.2) is 0 Å². The van der Waals surface area contributed by atoms with Crippen molar-refractivity contribution >= 4 is 29.6 Å². The van der Waals surface area contributed by atoms with Gasteiger partial charge < -0.3 is 19.9 Å². The summed E-state index contributed by atoms with van der Waals surface area (Å²) in [6.07, 6.45) is -4.73. The van der Waals surface area contributed by atoms with Crippen molar-refractivity contribution in [1.29, 1.82) is 0 Å². The van der Waals surface area contributed by atoms with E-state index >= 15 is 0 Å². The van der Waals surface area contributed by atoms with Gasteiger partial charge in [-0.15, -0.1) is 0 Å². The van der Waals surface area contributed by atoms with Gasteiger partial charge in [-0.25, -0.2) is 9.59 Å². The number of alkyl halides is 3. The van der Waals surface area contributed by atoms with Gasteiger partial charge in [-0.1, -0.05) is 42.6 Å². The van der Waals surface area contributed by atoms with Gasteiger partial charge in [0.1, 0.15) is 6.04 Å². The average molecular weight is 481 g/mol. The van der Waals surface area contributed by atoms with E-state index in [1.54, 1.807) is 24.3 Å². The first-order chi connectivity index (χ1) is 14.9. The molecule has 1 fully saturated rings. The molecule has 8 nitrogen and oxygen atoms in total. The molecule has 1 aliphatic carbocycles. The molecule has 0 radical (unpaired) electrons.